The van der Waals surface area contributed by atoms with Gasteiger partial charge in [-0.05, 0) is 97.5 Å². The number of para-hydroxylation sites is 1. The Labute approximate surface area is 278 Å². The Balaban J connectivity index is 1.23. The monoisotopic (exact) mass is 665 g/mol. The van der Waals surface area contributed by atoms with Crippen molar-refractivity contribution in [1.29, 1.82) is 0 Å². The molecule has 7 nitrogen and oxygen atoms in total. The number of hydrogen-bond acceptors (Lipinski definition) is 4. The summed E-state index contributed by atoms with van der Waals surface area (Å²) in [6.07, 6.45) is 2.13. The predicted octanol–water partition coefficient (Wildman–Crippen LogP) is 8.37. The summed E-state index contributed by atoms with van der Waals surface area (Å²) in [5.74, 6) is 0.541. The number of amides is 3. The van der Waals surface area contributed by atoms with Gasteiger partial charge in [-0.3, -0.25) is 4.79 Å². The van der Waals surface area contributed by atoms with Crippen LogP contribution >= 0.6 is 34.8 Å². The van der Waals surface area contributed by atoms with Gasteiger partial charge in [0.2, 0.25) is 5.91 Å². The summed E-state index contributed by atoms with van der Waals surface area (Å²) in [6.45, 7) is 3.24. The van der Waals surface area contributed by atoms with Crippen molar-refractivity contribution in [1.82, 2.24) is 5.32 Å². The lowest BCUT2D eigenvalue weighted by atomic mass is 9.95. The zero-order chi connectivity index (χ0) is 31.8. The summed E-state index contributed by atoms with van der Waals surface area (Å²) >= 11 is 18.8. The topological polar surface area (TPSA) is 79.9 Å². The Bertz CT molecular complexity index is 1610. The van der Waals surface area contributed by atoms with Gasteiger partial charge in [0, 0.05) is 29.5 Å². The first-order valence-electron chi connectivity index (χ1n) is 14.8. The second-order valence-corrected chi connectivity index (χ2v) is 12.1. The standard InChI is InChI=1S/C35H34Cl3N3O4/c1-23-18-30(37)33(31(38)19-23)45-17-16-44-29-12-9-24(10-13-29)20-26(22-39-35(43)40-28-7-3-2-4-8-28)34(42)41-15-5-6-25-21-27(36)11-14-32(25)41/h2-4,7-14,18-19,21,26H,5-6,15-17,20,22H2,1H3,(H2,39,40,43). The van der Waals surface area contributed by atoms with Crippen molar-refractivity contribution in [3.8, 4) is 11.5 Å². The van der Waals surface area contributed by atoms with Gasteiger partial charge in [0.05, 0.1) is 16.0 Å². The van der Waals surface area contributed by atoms with Gasteiger partial charge in [-0.1, -0.05) is 65.1 Å². The van der Waals surface area contributed by atoms with E-state index in [0.717, 1.165) is 35.2 Å². The number of carbonyl (C=O) groups is 2. The highest BCUT2D eigenvalue weighted by Crippen LogP contribution is 2.34. The first-order valence-corrected chi connectivity index (χ1v) is 15.9. The highest BCUT2D eigenvalue weighted by molar-refractivity contribution is 6.37. The minimum Gasteiger partial charge on any atom is -0.490 e. The molecule has 10 heteroatoms. The Morgan fingerprint density at radius 2 is 1.60 bits per heavy atom. The number of benzene rings is 4. The molecule has 2 N–H and O–H groups in total. The molecule has 5 rings (SSSR count). The van der Waals surface area contributed by atoms with Gasteiger partial charge >= 0.3 is 6.03 Å². The quantitative estimate of drug-likeness (QED) is 0.158. The molecule has 3 amide bonds. The van der Waals surface area contributed by atoms with E-state index in [2.05, 4.69) is 10.6 Å². The average molecular weight is 667 g/mol. The summed E-state index contributed by atoms with van der Waals surface area (Å²) in [4.78, 5) is 28.5. The largest absolute Gasteiger partial charge is 0.490 e. The van der Waals surface area contributed by atoms with Gasteiger partial charge in [0.25, 0.3) is 0 Å². The number of carbonyl (C=O) groups excluding carboxylic acids is 2. The van der Waals surface area contributed by atoms with Crippen LogP contribution in [0.5, 0.6) is 11.5 Å². The second kappa shape index (κ2) is 15.4. The van der Waals surface area contributed by atoms with Crippen LogP contribution in [0.15, 0.2) is 84.9 Å². The SMILES string of the molecule is Cc1cc(Cl)c(OCCOc2ccc(CC(CNC(=O)Nc3ccccc3)C(=O)N3CCCc4cc(Cl)ccc43)cc2)c(Cl)c1. The molecule has 0 saturated carbocycles. The Kier molecular flexibility index (Phi) is 11.1. The van der Waals surface area contributed by atoms with Crippen LogP contribution in [-0.2, 0) is 17.6 Å². The minimum atomic E-state index is -0.502. The van der Waals surface area contributed by atoms with Crippen molar-refractivity contribution in [3.63, 3.8) is 0 Å². The number of urea groups is 1. The fraction of sp³-hybridized carbons (Fsp3) is 0.257. The fourth-order valence-electron chi connectivity index (χ4n) is 5.31. The first kappa shape index (κ1) is 32.5. The number of nitrogens with zero attached hydrogens (tertiary/aromatic N) is 1. The number of hydrogen-bond donors (Lipinski definition) is 2. The van der Waals surface area contributed by atoms with Crippen LogP contribution in [0.25, 0.3) is 0 Å². The molecule has 0 fully saturated rings. The number of halogens is 3. The van der Waals surface area contributed by atoms with E-state index in [1.54, 1.807) is 30.3 Å². The molecule has 1 aliphatic heterocycles. The molecule has 1 aliphatic rings. The molecular formula is C35H34Cl3N3O4. The maximum atomic E-state index is 14.0. The third-order valence-electron chi connectivity index (χ3n) is 7.46. The third kappa shape index (κ3) is 8.85. The van der Waals surface area contributed by atoms with Gasteiger partial charge < -0.3 is 25.0 Å². The van der Waals surface area contributed by atoms with E-state index in [1.807, 2.05) is 66.4 Å². The van der Waals surface area contributed by atoms with Crippen LogP contribution in [0.2, 0.25) is 15.1 Å². The lowest BCUT2D eigenvalue weighted by Gasteiger charge is -2.32. The second-order valence-electron chi connectivity index (χ2n) is 10.9. The van der Waals surface area contributed by atoms with Gasteiger partial charge in [-0.15, -0.1) is 0 Å². The smallest absolute Gasteiger partial charge is 0.319 e. The molecule has 4 aromatic rings. The van der Waals surface area contributed by atoms with Crippen molar-refractivity contribution >= 4 is 58.1 Å². The van der Waals surface area contributed by atoms with Crippen LogP contribution < -0.4 is 25.0 Å². The lowest BCUT2D eigenvalue weighted by molar-refractivity contribution is -0.122. The van der Waals surface area contributed by atoms with E-state index >= 15 is 0 Å². The van der Waals surface area contributed by atoms with E-state index < -0.39 is 5.92 Å². The lowest BCUT2D eigenvalue weighted by Crippen LogP contribution is -2.45. The number of ether oxygens (including phenoxy) is 2. The van der Waals surface area contributed by atoms with E-state index in [1.165, 1.54) is 0 Å². The maximum absolute atomic E-state index is 14.0. The zero-order valence-corrected chi connectivity index (χ0v) is 27.1. The van der Waals surface area contributed by atoms with Crippen molar-refractivity contribution < 1.29 is 19.1 Å². The maximum Gasteiger partial charge on any atom is 0.319 e. The molecule has 234 valence electrons. The van der Waals surface area contributed by atoms with E-state index in [9.17, 15) is 9.59 Å². The fourth-order valence-corrected chi connectivity index (χ4v) is 6.21. The van der Waals surface area contributed by atoms with Crippen molar-refractivity contribution in [2.45, 2.75) is 26.2 Å². The Morgan fingerprint density at radius 3 is 2.33 bits per heavy atom. The van der Waals surface area contributed by atoms with Crippen LogP contribution in [0, 0.1) is 12.8 Å². The van der Waals surface area contributed by atoms with Crippen molar-refractivity contribution in [2.24, 2.45) is 5.92 Å². The van der Waals surface area contributed by atoms with Crippen LogP contribution in [-0.4, -0.2) is 38.2 Å². The van der Waals surface area contributed by atoms with E-state index in [4.69, 9.17) is 44.3 Å². The highest BCUT2D eigenvalue weighted by atomic mass is 35.5. The third-order valence-corrected chi connectivity index (χ3v) is 8.26. The molecule has 0 aliphatic carbocycles. The number of nitrogens with one attached hydrogen (secondary N) is 2. The molecule has 1 heterocycles. The summed E-state index contributed by atoms with van der Waals surface area (Å²) in [5.41, 5.74) is 4.48. The first-order chi connectivity index (χ1) is 21.8. The van der Waals surface area contributed by atoms with Gasteiger partial charge in [-0.2, -0.15) is 0 Å². The van der Waals surface area contributed by atoms with Crippen molar-refractivity contribution in [3.05, 3.63) is 117 Å². The number of fused-ring (bicyclic) bond motifs is 1. The van der Waals surface area contributed by atoms with Crippen molar-refractivity contribution in [2.75, 3.05) is 36.5 Å². The summed E-state index contributed by atoms with van der Waals surface area (Å²) in [7, 11) is 0. The highest BCUT2D eigenvalue weighted by Gasteiger charge is 2.29. The molecule has 1 atom stereocenters. The van der Waals surface area contributed by atoms with E-state index in [0.29, 0.717) is 51.8 Å². The number of aryl methyl sites for hydroxylation is 2. The molecule has 1 unspecified atom stereocenters. The average Bonchev–Trinajstić information content (AvgIpc) is 3.02. The van der Waals surface area contributed by atoms with E-state index in [-0.39, 0.29) is 25.1 Å². The zero-order valence-electron chi connectivity index (χ0n) is 24.8. The van der Waals surface area contributed by atoms with Gasteiger partial charge in [-0.25, -0.2) is 4.79 Å². The molecule has 0 saturated heterocycles. The summed E-state index contributed by atoms with van der Waals surface area (Å²) < 4.78 is 11.6. The molecule has 0 aromatic heterocycles. The summed E-state index contributed by atoms with van der Waals surface area (Å²) in [5, 5.41) is 7.28. The predicted molar refractivity (Wildman–Crippen MR) is 181 cm³/mol. The minimum absolute atomic E-state index is 0.0517. The molecule has 45 heavy (non-hydrogen) atoms. The Hall–Kier alpha value is -3.91. The Morgan fingerprint density at radius 1 is 0.889 bits per heavy atom. The number of anilines is 2. The normalized spacial score (nSPS) is 13.0. The van der Waals surface area contributed by atoms with Crippen LogP contribution in [0.1, 0.15) is 23.1 Å². The number of rotatable bonds is 11. The van der Waals surface area contributed by atoms with Gasteiger partial charge in [0.1, 0.15) is 19.0 Å². The molecule has 4 aromatic carbocycles. The van der Waals surface area contributed by atoms with Crippen LogP contribution in [0.4, 0.5) is 16.2 Å². The molecular weight excluding hydrogens is 633 g/mol. The molecule has 0 radical (unpaired) electrons. The molecule has 0 bridgehead atoms. The molecule has 0 spiro atoms. The van der Waals surface area contributed by atoms with Gasteiger partial charge in [0.15, 0.2) is 5.75 Å². The summed E-state index contributed by atoms with van der Waals surface area (Å²) in [6, 6.07) is 25.6. The van der Waals surface area contributed by atoms with Crippen LogP contribution in [0.3, 0.4) is 0 Å².